The van der Waals surface area contributed by atoms with E-state index in [0.717, 1.165) is 21.5 Å². The fourth-order valence-electron chi connectivity index (χ4n) is 4.38. The number of likely N-dealkylation sites (N-methyl/N-ethyl adjacent to an activating group) is 1. The largest absolute Gasteiger partial charge is 0.487 e. The zero-order valence-corrected chi connectivity index (χ0v) is 22.2. The van der Waals surface area contributed by atoms with Crippen LogP contribution in [0.2, 0.25) is 10.0 Å². The summed E-state index contributed by atoms with van der Waals surface area (Å²) < 4.78 is 6.05. The second kappa shape index (κ2) is 10.4. The molecule has 1 aromatic heterocycles. The molecular weight excluding hydrogens is 525 g/mol. The molecule has 3 aromatic carbocycles. The molecule has 0 saturated heterocycles. The molecule has 0 aliphatic carbocycles. The first-order valence-electron chi connectivity index (χ1n) is 11.9. The van der Waals surface area contributed by atoms with Gasteiger partial charge in [-0.1, -0.05) is 53.5 Å². The van der Waals surface area contributed by atoms with Crippen LogP contribution in [0.5, 0.6) is 5.75 Å². The standard InChI is InChI=1S/C29H23Cl2N3O4/c1-17-10-11-18-6-5-9-24(26(18)32-17)38-16-22-23(30)13-12-21(25(22)31)27(35)33(2)14-15-34-28(36)19-7-3-4-8-20(19)29(34)37/h3-13H,14-16H2,1-2H3. The van der Waals surface area contributed by atoms with Gasteiger partial charge < -0.3 is 9.64 Å². The molecule has 1 aliphatic heterocycles. The van der Waals surface area contributed by atoms with E-state index < -0.39 is 0 Å². The van der Waals surface area contributed by atoms with Gasteiger partial charge >= 0.3 is 0 Å². The number of fused-ring (bicyclic) bond motifs is 2. The van der Waals surface area contributed by atoms with Crippen LogP contribution in [0, 0.1) is 6.92 Å². The summed E-state index contributed by atoms with van der Waals surface area (Å²) in [5.74, 6) is -0.526. The number of hydrogen-bond acceptors (Lipinski definition) is 5. The Hall–Kier alpha value is -3.94. The number of amides is 3. The number of halogens is 2. The number of imide groups is 1. The van der Waals surface area contributed by atoms with Crippen LogP contribution in [0.4, 0.5) is 0 Å². The van der Waals surface area contributed by atoms with Crippen molar-refractivity contribution in [3.63, 3.8) is 0 Å². The zero-order valence-electron chi connectivity index (χ0n) is 20.7. The predicted molar refractivity (Wildman–Crippen MR) is 146 cm³/mol. The number of hydrogen-bond donors (Lipinski definition) is 0. The highest BCUT2D eigenvalue weighted by Gasteiger charge is 2.35. The van der Waals surface area contributed by atoms with Gasteiger partial charge in [0.1, 0.15) is 17.9 Å². The van der Waals surface area contributed by atoms with E-state index in [2.05, 4.69) is 4.98 Å². The third-order valence-electron chi connectivity index (χ3n) is 6.49. The maximum Gasteiger partial charge on any atom is 0.261 e. The number of benzene rings is 3. The predicted octanol–water partition coefficient (Wildman–Crippen LogP) is 5.80. The molecular formula is C29H23Cl2N3O4. The summed E-state index contributed by atoms with van der Waals surface area (Å²) in [6, 6.07) is 19.4. The molecule has 0 unspecified atom stereocenters. The van der Waals surface area contributed by atoms with Crippen molar-refractivity contribution in [3.8, 4) is 5.75 Å². The quantitative estimate of drug-likeness (QED) is 0.273. The van der Waals surface area contributed by atoms with E-state index in [4.69, 9.17) is 27.9 Å². The van der Waals surface area contributed by atoms with Gasteiger partial charge in [0.05, 0.1) is 21.7 Å². The molecule has 4 aromatic rings. The Balaban J connectivity index is 1.30. The van der Waals surface area contributed by atoms with Gasteiger partial charge in [-0.05, 0) is 43.3 Å². The number of para-hydroxylation sites is 1. The Bertz CT molecular complexity index is 1570. The van der Waals surface area contributed by atoms with Crippen molar-refractivity contribution in [2.24, 2.45) is 0 Å². The lowest BCUT2D eigenvalue weighted by Gasteiger charge is -2.22. The van der Waals surface area contributed by atoms with Crippen LogP contribution in [-0.4, -0.2) is 52.6 Å². The smallest absolute Gasteiger partial charge is 0.261 e. The highest BCUT2D eigenvalue weighted by molar-refractivity contribution is 6.38. The maximum atomic E-state index is 13.3. The van der Waals surface area contributed by atoms with Crippen molar-refractivity contribution in [1.82, 2.24) is 14.8 Å². The maximum absolute atomic E-state index is 13.3. The number of carbonyl (C=O) groups is 3. The van der Waals surface area contributed by atoms with E-state index in [-0.39, 0.29) is 48.0 Å². The summed E-state index contributed by atoms with van der Waals surface area (Å²) in [5, 5.41) is 1.48. The molecule has 0 N–H and O–H groups in total. The number of nitrogens with zero attached hydrogens (tertiary/aromatic N) is 3. The van der Waals surface area contributed by atoms with E-state index >= 15 is 0 Å². The van der Waals surface area contributed by atoms with Crippen LogP contribution in [-0.2, 0) is 6.61 Å². The summed E-state index contributed by atoms with van der Waals surface area (Å²) in [5.41, 5.74) is 3.03. The average molecular weight is 548 g/mol. The molecule has 2 heterocycles. The van der Waals surface area contributed by atoms with Gasteiger partial charge in [0.25, 0.3) is 17.7 Å². The highest BCUT2D eigenvalue weighted by Crippen LogP contribution is 2.32. The SMILES string of the molecule is Cc1ccc2cccc(OCc3c(Cl)ccc(C(=O)N(C)CCN4C(=O)c5ccccc5C4=O)c3Cl)c2n1. The molecule has 38 heavy (non-hydrogen) atoms. The number of pyridine rings is 1. The van der Waals surface area contributed by atoms with E-state index in [9.17, 15) is 14.4 Å². The molecule has 192 valence electrons. The number of rotatable bonds is 7. The minimum absolute atomic E-state index is 0.0340. The van der Waals surface area contributed by atoms with Gasteiger partial charge in [-0.15, -0.1) is 0 Å². The molecule has 0 spiro atoms. The third-order valence-corrected chi connectivity index (χ3v) is 7.28. The van der Waals surface area contributed by atoms with Crippen LogP contribution >= 0.6 is 23.2 Å². The molecule has 0 fully saturated rings. The second-order valence-electron chi connectivity index (χ2n) is 8.99. The minimum atomic E-state index is -0.369. The topological polar surface area (TPSA) is 79.8 Å². The molecule has 0 bridgehead atoms. The summed E-state index contributed by atoms with van der Waals surface area (Å²) in [7, 11) is 1.59. The Morgan fingerprint density at radius 2 is 1.66 bits per heavy atom. The van der Waals surface area contributed by atoms with Crippen molar-refractivity contribution in [1.29, 1.82) is 0 Å². The average Bonchev–Trinajstić information content (AvgIpc) is 3.16. The first-order valence-corrected chi connectivity index (χ1v) is 12.7. The molecule has 3 amide bonds. The lowest BCUT2D eigenvalue weighted by molar-refractivity contribution is 0.0614. The Morgan fingerprint density at radius 3 is 2.37 bits per heavy atom. The summed E-state index contributed by atoms with van der Waals surface area (Å²) in [4.78, 5) is 45.7. The summed E-state index contributed by atoms with van der Waals surface area (Å²) in [6.07, 6.45) is 0. The normalized spacial score (nSPS) is 12.7. The van der Waals surface area contributed by atoms with Crippen molar-refractivity contribution in [3.05, 3.63) is 105 Å². The fraction of sp³-hybridized carbons (Fsp3) is 0.172. The van der Waals surface area contributed by atoms with Gasteiger partial charge in [0, 0.05) is 41.8 Å². The van der Waals surface area contributed by atoms with Gasteiger partial charge in [-0.25, -0.2) is 4.98 Å². The minimum Gasteiger partial charge on any atom is -0.487 e. The number of aryl methyl sites for hydroxylation is 1. The zero-order chi connectivity index (χ0) is 27.0. The highest BCUT2D eigenvalue weighted by atomic mass is 35.5. The van der Waals surface area contributed by atoms with E-state index in [1.807, 2.05) is 37.3 Å². The lowest BCUT2D eigenvalue weighted by atomic mass is 10.1. The van der Waals surface area contributed by atoms with Gasteiger partial charge in [0.15, 0.2) is 0 Å². The van der Waals surface area contributed by atoms with Crippen LogP contribution in [0.15, 0.2) is 66.7 Å². The Kier molecular flexibility index (Phi) is 7.06. The van der Waals surface area contributed by atoms with Crippen LogP contribution in [0.3, 0.4) is 0 Å². The number of aromatic nitrogens is 1. The summed E-state index contributed by atoms with van der Waals surface area (Å²) >= 11 is 13.1. The first-order chi connectivity index (χ1) is 18.3. The first kappa shape index (κ1) is 25.7. The van der Waals surface area contributed by atoms with Crippen molar-refractivity contribution < 1.29 is 19.1 Å². The second-order valence-corrected chi connectivity index (χ2v) is 9.78. The summed E-state index contributed by atoms with van der Waals surface area (Å²) in [6.45, 7) is 2.13. The fourth-order valence-corrected chi connectivity index (χ4v) is 4.94. The van der Waals surface area contributed by atoms with Crippen LogP contribution < -0.4 is 4.74 Å². The molecule has 0 radical (unpaired) electrons. The Labute approximate surface area is 229 Å². The number of ether oxygens (including phenoxy) is 1. The van der Waals surface area contributed by atoms with Crippen molar-refractivity contribution in [2.45, 2.75) is 13.5 Å². The van der Waals surface area contributed by atoms with Crippen LogP contribution in [0.25, 0.3) is 10.9 Å². The van der Waals surface area contributed by atoms with E-state index in [0.29, 0.717) is 27.5 Å². The third kappa shape index (κ3) is 4.71. The van der Waals surface area contributed by atoms with Crippen molar-refractivity contribution in [2.75, 3.05) is 20.1 Å². The molecule has 0 atom stereocenters. The Morgan fingerprint density at radius 1 is 0.947 bits per heavy atom. The molecule has 1 aliphatic rings. The molecule has 5 rings (SSSR count). The van der Waals surface area contributed by atoms with E-state index in [1.165, 1.54) is 4.90 Å². The van der Waals surface area contributed by atoms with Gasteiger partial charge in [-0.2, -0.15) is 0 Å². The van der Waals surface area contributed by atoms with E-state index in [1.54, 1.807) is 43.4 Å². The van der Waals surface area contributed by atoms with Gasteiger partial charge in [-0.3, -0.25) is 19.3 Å². The monoisotopic (exact) mass is 547 g/mol. The molecule has 0 saturated carbocycles. The molecule has 9 heteroatoms. The molecule has 7 nitrogen and oxygen atoms in total. The lowest BCUT2D eigenvalue weighted by Crippen LogP contribution is -2.39. The van der Waals surface area contributed by atoms with Crippen molar-refractivity contribution >= 4 is 51.8 Å². The van der Waals surface area contributed by atoms with Crippen LogP contribution in [0.1, 0.15) is 42.3 Å². The number of carbonyl (C=O) groups excluding carboxylic acids is 3. The van der Waals surface area contributed by atoms with Gasteiger partial charge in [0.2, 0.25) is 0 Å².